The minimum absolute atomic E-state index is 0.102. The fourth-order valence-corrected chi connectivity index (χ4v) is 4.39. The number of rotatable bonds is 6. The number of nitrogens with two attached hydrogens (primary N) is 2. The second-order valence-corrected chi connectivity index (χ2v) is 10.3. The van der Waals surface area contributed by atoms with Gasteiger partial charge in [-0.1, -0.05) is 11.8 Å². The van der Waals surface area contributed by atoms with E-state index in [1.54, 1.807) is 39.5 Å². The number of pyridine rings is 1. The highest BCUT2D eigenvalue weighted by Crippen LogP contribution is 2.33. The summed E-state index contributed by atoms with van der Waals surface area (Å²) in [6.45, 7) is 7.72. The number of nitrogen functional groups attached to an aromatic ring is 2. The number of ether oxygens (including phenoxy) is 4. The lowest BCUT2D eigenvalue weighted by atomic mass is 10.0. The van der Waals surface area contributed by atoms with E-state index < -0.39 is 17.1 Å². The highest BCUT2D eigenvalue weighted by Gasteiger charge is 2.21. The lowest BCUT2D eigenvalue weighted by molar-refractivity contribution is 0.103. The molecule has 0 amide bonds. The molecule has 0 bridgehead atoms. The third-order valence-electron chi connectivity index (χ3n) is 6.34. The zero-order chi connectivity index (χ0) is 30.6. The minimum Gasteiger partial charge on any atom is -0.493 e. The number of fused-ring (bicyclic) bond motifs is 1. The topological polar surface area (TPSA) is 154 Å². The molecule has 0 saturated carbocycles. The predicted molar refractivity (Wildman–Crippen MR) is 160 cm³/mol. The van der Waals surface area contributed by atoms with Gasteiger partial charge in [0.25, 0.3) is 0 Å². The van der Waals surface area contributed by atoms with Crippen LogP contribution in [0, 0.1) is 11.8 Å². The van der Waals surface area contributed by atoms with Gasteiger partial charge in [0.05, 0.1) is 38.1 Å². The number of aromatic nitrogens is 3. The molecule has 0 aliphatic carbocycles. The van der Waals surface area contributed by atoms with E-state index in [1.807, 2.05) is 43.5 Å². The van der Waals surface area contributed by atoms with Crippen LogP contribution in [0.3, 0.4) is 0 Å². The van der Waals surface area contributed by atoms with Crippen molar-refractivity contribution in [1.29, 1.82) is 0 Å². The van der Waals surface area contributed by atoms with Crippen molar-refractivity contribution in [3.63, 3.8) is 0 Å². The van der Waals surface area contributed by atoms with Crippen LogP contribution >= 0.6 is 0 Å². The number of hydrogen-bond donors (Lipinski definition) is 2. The summed E-state index contributed by atoms with van der Waals surface area (Å²) in [6, 6.07) is 8.95. The van der Waals surface area contributed by atoms with Crippen molar-refractivity contribution in [2.45, 2.75) is 39.7 Å². The van der Waals surface area contributed by atoms with E-state index >= 15 is 0 Å². The highest BCUT2D eigenvalue weighted by molar-refractivity contribution is 5.83. The highest BCUT2D eigenvalue weighted by atomic mass is 16.7. The van der Waals surface area contributed by atoms with Crippen molar-refractivity contribution in [2.24, 2.45) is 0 Å². The third-order valence-corrected chi connectivity index (χ3v) is 6.34. The first-order chi connectivity index (χ1) is 19.9. The van der Waals surface area contributed by atoms with Gasteiger partial charge in [0.2, 0.25) is 11.4 Å². The number of anilines is 2. The van der Waals surface area contributed by atoms with Gasteiger partial charge in [-0.3, -0.25) is 4.79 Å². The molecule has 4 N–H and O–H groups in total. The SMILES string of the molecule is CCOC(=O)Oc1cn(C(C)(C)C)c2cc(C#Cc3cc(Cc4cnc(N)nc4N)cc(OC)c3OC)ccc2c1=O. The third kappa shape index (κ3) is 6.39. The fourth-order valence-electron chi connectivity index (χ4n) is 4.39. The second-order valence-electron chi connectivity index (χ2n) is 10.3. The van der Waals surface area contributed by atoms with E-state index in [4.69, 9.17) is 30.4 Å². The molecule has 0 aliphatic heterocycles. The summed E-state index contributed by atoms with van der Waals surface area (Å²) in [5, 5.41) is 0.377. The number of hydrogen-bond acceptors (Lipinski definition) is 10. The van der Waals surface area contributed by atoms with Crippen LogP contribution in [0.5, 0.6) is 17.2 Å². The Morgan fingerprint density at radius 3 is 2.45 bits per heavy atom. The molecule has 0 atom stereocenters. The van der Waals surface area contributed by atoms with Gasteiger partial charge < -0.3 is 35.0 Å². The Morgan fingerprint density at radius 1 is 1.05 bits per heavy atom. The first-order valence-electron chi connectivity index (χ1n) is 13.1. The molecular weight excluding hydrogens is 538 g/mol. The molecule has 42 heavy (non-hydrogen) atoms. The number of carbonyl (C=O) groups is 1. The van der Waals surface area contributed by atoms with E-state index in [-0.39, 0.29) is 18.3 Å². The quantitative estimate of drug-likeness (QED) is 0.253. The number of carbonyl (C=O) groups excluding carboxylic acids is 1. The molecule has 11 heteroatoms. The summed E-state index contributed by atoms with van der Waals surface area (Å²) >= 11 is 0. The first-order valence-corrected chi connectivity index (χ1v) is 13.1. The van der Waals surface area contributed by atoms with Gasteiger partial charge in [-0.2, -0.15) is 4.98 Å². The average Bonchev–Trinajstić information content (AvgIpc) is 2.94. The summed E-state index contributed by atoms with van der Waals surface area (Å²) in [4.78, 5) is 33.2. The lowest BCUT2D eigenvalue weighted by Crippen LogP contribution is -2.26. The molecule has 0 aliphatic rings. The van der Waals surface area contributed by atoms with E-state index in [9.17, 15) is 9.59 Å². The van der Waals surface area contributed by atoms with Crippen molar-refractivity contribution >= 4 is 28.8 Å². The van der Waals surface area contributed by atoms with E-state index in [1.165, 1.54) is 6.20 Å². The molecule has 2 heterocycles. The van der Waals surface area contributed by atoms with Crippen LogP contribution in [-0.4, -0.2) is 41.5 Å². The Bertz CT molecular complexity index is 1780. The summed E-state index contributed by atoms with van der Waals surface area (Å²) in [5.41, 5.74) is 14.2. The van der Waals surface area contributed by atoms with Crippen molar-refractivity contribution in [2.75, 3.05) is 32.3 Å². The van der Waals surface area contributed by atoms with Crippen LogP contribution in [0.2, 0.25) is 0 Å². The minimum atomic E-state index is -0.935. The van der Waals surface area contributed by atoms with Crippen LogP contribution in [0.1, 0.15) is 49.9 Å². The maximum absolute atomic E-state index is 13.2. The predicted octanol–water partition coefficient (Wildman–Crippen LogP) is 4.25. The van der Waals surface area contributed by atoms with Crippen molar-refractivity contribution in [3.8, 4) is 29.1 Å². The van der Waals surface area contributed by atoms with Gasteiger partial charge in [-0.05, 0) is 63.6 Å². The van der Waals surface area contributed by atoms with E-state index in [0.717, 1.165) is 5.56 Å². The Kier molecular flexibility index (Phi) is 8.57. The molecule has 218 valence electrons. The molecule has 2 aromatic carbocycles. The molecule has 2 aromatic heterocycles. The summed E-state index contributed by atoms with van der Waals surface area (Å²) in [5.74, 6) is 7.62. The smallest absolute Gasteiger partial charge is 0.493 e. The second kappa shape index (κ2) is 12.1. The van der Waals surface area contributed by atoms with Crippen LogP contribution < -0.4 is 31.1 Å². The molecular formula is C31H33N5O6. The molecule has 0 radical (unpaired) electrons. The largest absolute Gasteiger partial charge is 0.514 e. The van der Waals surface area contributed by atoms with E-state index in [0.29, 0.717) is 51.3 Å². The Labute approximate surface area is 243 Å². The van der Waals surface area contributed by atoms with Gasteiger partial charge in [0.1, 0.15) is 5.82 Å². The molecule has 4 aromatic rings. The average molecular weight is 572 g/mol. The van der Waals surface area contributed by atoms with Crippen LogP contribution in [0.4, 0.5) is 16.6 Å². The van der Waals surface area contributed by atoms with Crippen LogP contribution in [0.15, 0.2) is 47.5 Å². The van der Waals surface area contributed by atoms with E-state index in [2.05, 4.69) is 21.8 Å². The maximum Gasteiger partial charge on any atom is 0.514 e. The Balaban J connectivity index is 1.80. The maximum atomic E-state index is 13.2. The lowest BCUT2D eigenvalue weighted by Gasteiger charge is -2.26. The Hall–Kier alpha value is -5.24. The number of benzene rings is 2. The van der Waals surface area contributed by atoms with Crippen LogP contribution in [-0.2, 0) is 16.7 Å². The number of methoxy groups -OCH3 is 2. The monoisotopic (exact) mass is 571 g/mol. The summed E-state index contributed by atoms with van der Waals surface area (Å²) < 4.78 is 23.1. The summed E-state index contributed by atoms with van der Waals surface area (Å²) in [6.07, 6.45) is 2.59. The molecule has 0 unspecified atom stereocenters. The van der Waals surface area contributed by atoms with Crippen molar-refractivity contribution in [3.05, 3.63) is 75.2 Å². The van der Waals surface area contributed by atoms with Gasteiger partial charge in [-0.15, -0.1) is 0 Å². The van der Waals surface area contributed by atoms with Crippen molar-refractivity contribution in [1.82, 2.24) is 14.5 Å². The van der Waals surface area contributed by atoms with Gasteiger partial charge in [0.15, 0.2) is 17.2 Å². The van der Waals surface area contributed by atoms with Crippen LogP contribution in [0.25, 0.3) is 10.9 Å². The molecule has 4 rings (SSSR count). The van der Waals surface area contributed by atoms with Gasteiger partial charge in [-0.25, -0.2) is 9.78 Å². The summed E-state index contributed by atoms with van der Waals surface area (Å²) in [7, 11) is 3.09. The first kappa shape index (κ1) is 29.7. The molecule has 0 spiro atoms. The zero-order valence-electron chi connectivity index (χ0n) is 24.4. The molecule has 0 fully saturated rings. The normalized spacial score (nSPS) is 11.0. The van der Waals surface area contributed by atoms with Gasteiger partial charge >= 0.3 is 6.16 Å². The molecule has 0 saturated heterocycles. The zero-order valence-corrected chi connectivity index (χ0v) is 24.4. The fraction of sp³-hybridized carbons (Fsp3) is 0.290. The van der Waals surface area contributed by atoms with Crippen molar-refractivity contribution < 1.29 is 23.7 Å². The standard InChI is InChI=1S/C31H33N5O6/c1-7-41-30(38)42-25-17-36(31(2,3)4)23-14-18(9-11-22(23)26(25)37)8-10-20-12-19(15-24(39-5)27(20)40-6)13-21-16-34-29(33)35-28(21)32/h9,11-12,14-17H,7,13H2,1-6H3,(H4,32,33,34,35). The Morgan fingerprint density at radius 2 is 1.81 bits per heavy atom. The van der Waals surface area contributed by atoms with Gasteiger partial charge in [0, 0.05) is 34.7 Å². The molecule has 11 nitrogen and oxygen atoms in total. The number of nitrogens with zero attached hydrogens (tertiary/aromatic N) is 3.